The molecule has 1 atom stereocenters. The van der Waals surface area contributed by atoms with Gasteiger partial charge in [0.2, 0.25) is 0 Å². The lowest BCUT2D eigenvalue weighted by Crippen LogP contribution is -2.37. The van der Waals surface area contributed by atoms with E-state index in [4.69, 9.17) is 5.84 Å². The van der Waals surface area contributed by atoms with E-state index in [1.807, 2.05) is 42.5 Å². The fourth-order valence-corrected chi connectivity index (χ4v) is 2.53. The highest BCUT2D eigenvalue weighted by Gasteiger charge is 2.26. The fourth-order valence-electron chi connectivity index (χ4n) is 2.53. The molecule has 0 heterocycles. The monoisotopic (exact) mass is 296 g/mol. The first-order valence-electron chi connectivity index (χ1n) is 6.99. The van der Waals surface area contributed by atoms with Gasteiger partial charge in [0.25, 0.3) is 0 Å². The molecule has 2 aromatic carbocycles. The summed E-state index contributed by atoms with van der Waals surface area (Å²) in [7, 11) is 0. The van der Waals surface area contributed by atoms with Crippen LogP contribution in [0.4, 0.5) is 13.2 Å². The molecule has 2 rings (SSSR count). The Labute approximate surface area is 122 Å². The number of hydrogen-bond acceptors (Lipinski definition) is 2. The molecule has 1 unspecified atom stereocenters. The first-order chi connectivity index (χ1) is 9.99. The Morgan fingerprint density at radius 2 is 1.76 bits per heavy atom. The molecular weight excluding hydrogens is 277 g/mol. The molecule has 21 heavy (non-hydrogen) atoms. The normalized spacial score (nSPS) is 13.5. The maximum atomic E-state index is 12.2. The number of benzene rings is 2. The summed E-state index contributed by atoms with van der Waals surface area (Å²) < 4.78 is 36.6. The molecule has 0 radical (unpaired) electrons. The van der Waals surface area contributed by atoms with Crippen molar-refractivity contribution in [2.24, 2.45) is 5.84 Å². The minimum absolute atomic E-state index is 0.0864. The molecule has 0 aliphatic heterocycles. The van der Waals surface area contributed by atoms with E-state index in [-0.39, 0.29) is 12.5 Å². The number of rotatable bonds is 6. The third-order valence-corrected chi connectivity index (χ3v) is 3.59. The highest BCUT2D eigenvalue weighted by Crippen LogP contribution is 2.24. The van der Waals surface area contributed by atoms with Gasteiger partial charge in [-0.25, -0.2) is 0 Å². The number of nitrogens with two attached hydrogens (primary N) is 1. The predicted molar refractivity (Wildman–Crippen MR) is 78.7 cm³/mol. The van der Waals surface area contributed by atoms with E-state index < -0.39 is 12.6 Å². The van der Waals surface area contributed by atoms with E-state index in [2.05, 4.69) is 5.43 Å². The molecule has 5 heteroatoms. The SMILES string of the molecule is NNC(CCCC(F)(F)F)Cc1cccc2ccccc12. The lowest BCUT2D eigenvalue weighted by Gasteiger charge is -2.17. The maximum absolute atomic E-state index is 12.2. The summed E-state index contributed by atoms with van der Waals surface area (Å²) in [6, 6.07) is 13.8. The van der Waals surface area contributed by atoms with Gasteiger partial charge in [-0.1, -0.05) is 42.5 Å². The fraction of sp³-hybridized carbons (Fsp3) is 0.375. The number of hydrazine groups is 1. The van der Waals surface area contributed by atoms with Crippen LogP contribution in [-0.4, -0.2) is 12.2 Å². The number of halogens is 3. The molecule has 3 N–H and O–H groups in total. The average Bonchev–Trinajstić information content (AvgIpc) is 2.45. The van der Waals surface area contributed by atoms with Crippen molar-refractivity contribution in [2.75, 3.05) is 0 Å². The lowest BCUT2D eigenvalue weighted by molar-refractivity contribution is -0.135. The van der Waals surface area contributed by atoms with Crippen molar-refractivity contribution in [3.05, 3.63) is 48.0 Å². The molecule has 0 aliphatic rings. The molecule has 0 amide bonds. The van der Waals surface area contributed by atoms with Gasteiger partial charge in [0.15, 0.2) is 0 Å². The first kappa shape index (κ1) is 15.8. The second kappa shape index (κ2) is 6.91. The van der Waals surface area contributed by atoms with Crippen LogP contribution in [0.3, 0.4) is 0 Å². The summed E-state index contributed by atoms with van der Waals surface area (Å²) >= 11 is 0. The van der Waals surface area contributed by atoms with E-state index in [0.29, 0.717) is 12.8 Å². The smallest absolute Gasteiger partial charge is 0.271 e. The molecule has 2 nitrogen and oxygen atoms in total. The quantitative estimate of drug-likeness (QED) is 0.626. The maximum Gasteiger partial charge on any atom is 0.389 e. The van der Waals surface area contributed by atoms with Crippen LogP contribution >= 0.6 is 0 Å². The van der Waals surface area contributed by atoms with Gasteiger partial charge in [-0.3, -0.25) is 11.3 Å². The molecule has 0 spiro atoms. The lowest BCUT2D eigenvalue weighted by atomic mass is 9.96. The van der Waals surface area contributed by atoms with Crippen molar-refractivity contribution in [1.29, 1.82) is 0 Å². The minimum Gasteiger partial charge on any atom is -0.271 e. The van der Waals surface area contributed by atoms with Crippen LogP contribution in [0.25, 0.3) is 10.8 Å². The highest BCUT2D eigenvalue weighted by molar-refractivity contribution is 5.85. The van der Waals surface area contributed by atoms with Gasteiger partial charge in [0.05, 0.1) is 0 Å². The van der Waals surface area contributed by atoms with Gasteiger partial charge >= 0.3 is 6.18 Å². The van der Waals surface area contributed by atoms with Crippen molar-refractivity contribution in [3.8, 4) is 0 Å². The first-order valence-corrected chi connectivity index (χ1v) is 6.99. The zero-order valence-electron chi connectivity index (χ0n) is 11.7. The van der Waals surface area contributed by atoms with Crippen molar-refractivity contribution in [1.82, 2.24) is 5.43 Å². The number of hydrogen-bond donors (Lipinski definition) is 2. The minimum atomic E-state index is -4.10. The van der Waals surface area contributed by atoms with E-state index in [1.165, 1.54) is 0 Å². The van der Waals surface area contributed by atoms with E-state index in [0.717, 1.165) is 16.3 Å². The summed E-state index contributed by atoms with van der Waals surface area (Å²) in [6.07, 6.45) is -3.75. The topological polar surface area (TPSA) is 38.0 Å². The molecule has 0 fully saturated rings. The van der Waals surface area contributed by atoms with Gasteiger partial charge in [-0.05, 0) is 35.6 Å². The van der Waals surface area contributed by atoms with Gasteiger partial charge in [0.1, 0.15) is 0 Å². The summed E-state index contributed by atoms with van der Waals surface area (Å²) in [6.45, 7) is 0. The summed E-state index contributed by atoms with van der Waals surface area (Å²) in [4.78, 5) is 0. The second-order valence-corrected chi connectivity index (χ2v) is 5.21. The van der Waals surface area contributed by atoms with Crippen molar-refractivity contribution in [2.45, 2.75) is 37.9 Å². The zero-order valence-corrected chi connectivity index (χ0v) is 11.7. The van der Waals surface area contributed by atoms with Gasteiger partial charge < -0.3 is 0 Å². The highest BCUT2D eigenvalue weighted by atomic mass is 19.4. The standard InChI is InChI=1S/C16H19F3N2/c17-16(18,19)10-4-8-14(21-20)11-13-7-3-6-12-5-1-2-9-15(12)13/h1-3,5-7,9,14,21H,4,8,10-11,20H2. The van der Waals surface area contributed by atoms with Gasteiger partial charge in [-0.15, -0.1) is 0 Å². The van der Waals surface area contributed by atoms with Crippen LogP contribution in [0.5, 0.6) is 0 Å². The van der Waals surface area contributed by atoms with Crippen molar-refractivity contribution >= 4 is 10.8 Å². The largest absolute Gasteiger partial charge is 0.389 e. The Morgan fingerprint density at radius 3 is 2.48 bits per heavy atom. The third kappa shape index (κ3) is 4.72. The van der Waals surface area contributed by atoms with Crippen molar-refractivity contribution in [3.63, 3.8) is 0 Å². The van der Waals surface area contributed by atoms with Gasteiger partial charge in [0, 0.05) is 12.5 Å². The Hall–Kier alpha value is -1.59. The number of fused-ring (bicyclic) bond motifs is 1. The Kier molecular flexibility index (Phi) is 5.20. The Bertz CT molecular complexity index is 576. The van der Waals surface area contributed by atoms with Crippen LogP contribution in [0.1, 0.15) is 24.8 Å². The molecule has 0 aliphatic carbocycles. The average molecular weight is 296 g/mol. The Balaban J connectivity index is 2.03. The number of nitrogens with one attached hydrogen (secondary N) is 1. The van der Waals surface area contributed by atoms with Crippen LogP contribution in [0, 0.1) is 0 Å². The third-order valence-electron chi connectivity index (χ3n) is 3.59. The van der Waals surface area contributed by atoms with E-state index in [1.54, 1.807) is 0 Å². The Morgan fingerprint density at radius 1 is 1.05 bits per heavy atom. The molecule has 114 valence electrons. The van der Waals surface area contributed by atoms with Crippen LogP contribution < -0.4 is 11.3 Å². The van der Waals surface area contributed by atoms with E-state index in [9.17, 15) is 13.2 Å². The summed E-state index contributed by atoms with van der Waals surface area (Å²) in [5.41, 5.74) is 3.73. The molecule has 2 aromatic rings. The molecule has 0 aromatic heterocycles. The summed E-state index contributed by atoms with van der Waals surface area (Å²) in [5.74, 6) is 5.48. The zero-order chi connectivity index (χ0) is 15.3. The van der Waals surface area contributed by atoms with Crippen LogP contribution in [-0.2, 0) is 6.42 Å². The van der Waals surface area contributed by atoms with Crippen LogP contribution in [0.2, 0.25) is 0 Å². The second-order valence-electron chi connectivity index (χ2n) is 5.21. The molecule has 0 saturated carbocycles. The van der Waals surface area contributed by atoms with Crippen LogP contribution in [0.15, 0.2) is 42.5 Å². The molecule has 0 bridgehead atoms. The molecular formula is C16H19F3N2. The van der Waals surface area contributed by atoms with Crippen molar-refractivity contribution < 1.29 is 13.2 Å². The predicted octanol–water partition coefficient (Wildman–Crippen LogP) is 3.95. The summed E-state index contributed by atoms with van der Waals surface area (Å²) in [5, 5.41) is 2.25. The van der Waals surface area contributed by atoms with Gasteiger partial charge in [-0.2, -0.15) is 13.2 Å². The van der Waals surface area contributed by atoms with E-state index >= 15 is 0 Å². The molecule has 0 saturated heterocycles. The number of alkyl halides is 3.